The first-order valence-corrected chi connectivity index (χ1v) is 8.08. The van der Waals surface area contributed by atoms with Gasteiger partial charge in [0.25, 0.3) is 11.8 Å². The zero-order valence-corrected chi connectivity index (χ0v) is 14.4. The van der Waals surface area contributed by atoms with E-state index in [0.717, 1.165) is 5.56 Å². The number of methoxy groups -OCH3 is 1. The Balaban J connectivity index is 2.14. The van der Waals surface area contributed by atoms with E-state index in [0.29, 0.717) is 5.56 Å². The minimum absolute atomic E-state index is 0.0491. The highest BCUT2D eigenvalue weighted by atomic mass is 16.5. The molecule has 0 aliphatic rings. The molecule has 2 N–H and O–H groups in total. The van der Waals surface area contributed by atoms with Gasteiger partial charge >= 0.3 is 5.97 Å². The number of benzene rings is 2. The van der Waals surface area contributed by atoms with Crippen molar-refractivity contribution >= 4 is 23.9 Å². The van der Waals surface area contributed by atoms with E-state index in [1.54, 1.807) is 36.4 Å². The molecule has 0 aromatic heterocycles. The molecule has 134 valence electrons. The first-order chi connectivity index (χ1) is 12.6. The maximum atomic E-state index is 12.4. The predicted molar refractivity (Wildman–Crippen MR) is 98.0 cm³/mol. The molecule has 2 aromatic rings. The third-order valence-electron chi connectivity index (χ3n) is 3.48. The summed E-state index contributed by atoms with van der Waals surface area (Å²) in [6, 6.07) is 17.8. The van der Waals surface area contributed by atoms with Crippen LogP contribution in [0.5, 0.6) is 0 Å². The van der Waals surface area contributed by atoms with Gasteiger partial charge in [0, 0.05) is 12.1 Å². The Kier molecular flexibility index (Phi) is 7.12. The normalized spacial score (nSPS) is 10.7. The number of carbonyl (C=O) groups is 3. The third-order valence-corrected chi connectivity index (χ3v) is 3.48. The minimum Gasteiger partial charge on any atom is -0.469 e. The molecule has 2 amide bonds. The molecule has 0 radical (unpaired) electrons. The number of hydrogen-bond acceptors (Lipinski definition) is 4. The van der Waals surface area contributed by atoms with Gasteiger partial charge < -0.3 is 15.4 Å². The number of rotatable bonds is 7. The van der Waals surface area contributed by atoms with Crippen molar-refractivity contribution in [1.82, 2.24) is 10.6 Å². The van der Waals surface area contributed by atoms with Crippen molar-refractivity contribution in [2.45, 2.75) is 6.42 Å². The van der Waals surface area contributed by atoms with E-state index in [9.17, 15) is 14.4 Å². The molecular weight excluding hydrogens is 332 g/mol. The van der Waals surface area contributed by atoms with Crippen LogP contribution in [-0.4, -0.2) is 31.4 Å². The van der Waals surface area contributed by atoms with Gasteiger partial charge in [0.1, 0.15) is 5.70 Å². The smallest absolute Gasteiger partial charge is 0.307 e. The van der Waals surface area contributed by atoms with E-state index in [-0.39, 0.29) is 18.7 Å². The zero-order valence-electron chi connectivity index (χ0n) is 14.4. The van der Waals surface area contributed by atoms with Gasteiger partial charge in [0.05, 0.1) is 13.5 Å². The van der Waals surface area contributed by atoms with Gasteiger partial charge in [-0.2, -0.15) is 0 Å². The van der Waals surface area contributed by atoms with Crippen molar-refractivity contribution in [3.63, 3.8) is 0 Å². The average Bonchev–Trinajstić information content (AvgIpc) is 2.68. The van der Waals surface area contributed by atoms with Crippen LogP contribution in [0.25, 0.3) is 6.08 Å². The van der Waals surface area contributed by atoms with Crippen LogP contribution in [-0.2, 0) is 14.3 Å². The Labute approximate surface area is 151 Å². The molecule has 26 heavy (non-hydrogen) atoms. The lowest BCUT2D eigenvalue weighted by Gasteiger charge is -2.11. The van der Waals surface area contributed by atoms with E-state index >= 15 is 0 Å². The highest BCUT2D eigenvalue weighted by Crippen LogP contribution is 2.07. The zero-order chi connectivity index (χ0) is 18.8. The van der Waals surface area contributed by atoms with Gasteiger partial charge in [-0.1, -0.05) is 48.5 Å². The average molecular weight is 352 g/mol. The summed E-state index contributed by atoms with van der Waals surface area (Å²) < 4.78 is 4.54. The van der Waals surface area contributed by atoms with Gasteiger partial charge in [0.2, 0.25) is 0 Å². The molecule has 0 aliphatic heterocycles. The molecule has 2 rings (SSSR count). The van der Waals surface area contributed by atoms with E-state index < -0.39 is 17.8 Å². The SMILES string of the molecule is COC(=O)CCNC(=O)/C(=C/c1ccccc1)NC(=O)c1ccccc1. The molecule has 2 aromatic carbocycles. The first kappa shape index (κ1) is 18.9. The van der Waals surface area contributed by atoms with E-state index in [1.165, 1.54) is 7.11 Å². The summed E-state index contributed by atoms with van der Waals surface area (Å²) in [5, 5.41) is 5.23. The number of esters is 1. The van der Waals surface area contributed by atoms with E-state index in [2.05, 4.69) is 15.4 Å². The fourth-order valence-electron chi connectivity index (χ4n) is 2.13. The molecule has 0 bridgehead atoms. The molecule has 0 spiro atoms. The van der Waals surface area contributed by atoms with Crippen LogP contribution in [0.2, 0.25) is 0 Å². The number of amides is 2. The first-order valence-electron chi connectivity index (χ1n) is 8.08. The maximum absolute atomic E-state index is 12.4. The van der Waals surface area contributed by atoms with E-state index in [1.807, 2.05) is 30.3 Å². The molecule has 0 saturated heterocycles. The Hall–Kier alpha value is -3.41. The topological polar surface area (TPSA) is 84.5 Å². The number of hydrogen-bond donors (Lipinski definition) is 2. The van der Waals surface area contributed by atoms with Crippen LogP contribution in [0.1, 0.15) is 22.3 Å². The van der Waals surface area contributed by atoms with Crippen LogP contribution in [0.3, 0.4) is 0 Å². The van der Waals surface area contributed by atoms with Crippen molar-refractivity contribution in [3.8, 4) is 0 Å². The van der Waals surface area contributed by atoms with Crippen molar-refractivity contribution < 1.29 is 19.1 Å². The summed E-state index contributed by atoms with van der Waals surface area (Å²) in [5.74, 6) is -1.30. The molecule has 6 nitrogen and oxygen atoms in total. The van der Waals surface area contributed by atoms with Gasteiger partial charge in [0.15, 0.2) is 0 Å². The highest BCUT2D eigenvalue weighted by molar-refractivity contribution is 6.05. The second-order valence-corrected chi connectivity index (χ2v) is 5.37. The largest absolute Gasteiger partial charge is 0.469 e. The quantitative estimate of drug-likeness (QED) is 0.591. The Bertz CT molecular complexity index is 786. The summed E-state index contributed by atoms with van der Waals surface area (Å²) in [6.45, 7) is 0.110. The number of carbonyl (C=O) groups excluding carboxylic acids is 3. The minimum atomic E-state index is -0.484. The van der Waals surface area contributed by atoms with Crippen molar-refractivity contribution in [2.75, 3.05) is 13.7 Å². The lowest BCUT2D eigenvalue weighted by atomic mass is 10.1. The van der Waals surface area contributed by atoms with Crippen molar-refractivity contribution in [1.29, 1.82) is 0 Å². The molecule has 0 unspecified atom stereocenters. The van der Waals surface area contributed by atoms with Crippen LogP contribution in [0, 0.1) is 0 Å². The monoisotopic (exact) mass is 352 g/mol. The standard InChI is InChI=1S/C20H20N2O4/c1-26-18(23)12-13-21-20(25)17(14-15-8-4-2-5-9-15)22-19(24)16-10-6-3-7-11-16/h2-11,14H,12-13H2,1H3,(H,21,25)(H,22,24)/b17-14-. The summed E-state index contributed by atoms with van der Waals surface area (Å²) >= 11 is 0. The van der Waals surface area contributed by atoms with Crippen molar-refractivity contribution in [3.05, 3.63) is 77.5 Å². The van der Waals surface area contributed by atoms with Crippen molar-refractivity contribution in [2.24, 2.45) is 0 Å². The molecule has 0 fully saturated rings. The molecule has 0 heterocycles. The fourth-order valence-corrected chi connectivity index (χ4v) is 2.13. The lowest BCUT2D eigenvalue weighted by molar-refractivity contribution is -0.140. The van der Waals surface area contributed by atoms with E-state index in [4.69, 9.17) is 0 Å². The van der Waals surface area contributed by atoms with Crippen LogP contribution in [0.4, 0.5) is 0 Å². The molecule has 0 saturated carbocycles. The predicted octanol–water partition coefficient (Wildman–Crippen LogP) is 2.14. The van der Waals surface area contributed by atoms with Gasteiger partial charge in [-0.05, 0) is 23.8 Å². The number of ether oxygens (including phenoxy) is 1. The van der Waals surface area contributed by atoms with Gasteiger partial charge in [-0.15, -0.1) is 0 Å². The maximum Gasteiger partial charge on any atom is 0.307 e. The van der Waals surface area contributed by atoms with Crippen LogP contribution < -0.4 is 10.6 Å². The Morgan fingerprint density at radius 3 is 2.19 bits per heavy atom. The summed E-state index contributed by atoms with van der Waals surface area (Å²) in [5.41, 5.74) is 1.29. The summed E-state index contributed by atoms with van der Waals surface area (Å²) in [7, 11) is 1.28. The van der Waals surface area contributed by atoms with Crippen LogP contribution in [0.15, 0.2) is 66.4 Å². The summed E-state index contributed by atoms with van der Waals surface area (Å²) in [4.78, 5) is 36.0. The van der Waals surface area contributed by atoms with Gasteiger partial charge in [-0.3, -0.25) is 14.4 Å². The lowest BCUT2D eigenvalue weighted by Crippen LogP contribution is -2.35. The Morgan fingerprint density at radius 1 is 0.962 bits per heavy atom. The fraction of sp³-hybridized carbons (Fsp3) is 0.150. The second kappa shape index (κ2) is 9.78. The summed E-state index contributed by atoms with van der Waals surface area (Å²) in [6.07, 6.45) is 1.63. The number of nitrogens with one attached hydrogen (secondary N) is 2. The third kappa shape index (κ3) is 5.90. The Morgan fingerprint density at radius 2 is 1.58 bits per heavy atom. The molecule has 6 heteroatoms. The van der Waals surface area contributed by atoms with Crippen LogP contribution >= 0.6 is 0 Å². The molecular formula is C20H20N2O4. The van der Waals surface area contributed by atoms with Gasteiger partial charge in [-0.25, -0.2) is 0 Å². The molecule has 0 aliphatic carbocycles. The molecule has 0 atom stereocenters. The second-order valence-electron chi connectivity index (χ2n) is 5.37. The highest BCUT2D eigenvalue weighted by Gasteiger charge is 2.14.